The number of nitrogens with one attached hydrogen (secondary N) is 4. The molecule has 4 rings (SSSR count). The summed E-state index contributed by atoms with van der Waals surface area (Å²) in [5.41, 5.74) is 1.80. The van der Waals surface area contributed by atoms with E-state index in [1.165, 1.54) is 6.33 Å². The molecule has 154 valence electrons. The number of hydrogen-bond donors (Lipinski definition) is 4. The van der Waals surface area contributed by atoms with Gasteiger partial charge in [0.2, 0.25) is 0 Å². The predicted octanol–water partition coefficient (Wildman–Crippen LogP) is 3.89. The van der Waals surface area contributed by atoms with Crippen LogP contribution in [-0.2, 0) is 0 Å². The minimum Gasteiger partial charge on any atom is -0.457 e. The van der Waals surface area contributed by atoms with Gasteiger partial charge in [0.1, 0.15) is 29.5 Å². The molecule has 0 amide bonds. The van der Waals surface area contributed by atoms with Crippen LogP contribution < -0.4 is 20.7 Å². The molecule has 7 heteroatoms. The second kappa shape index (κ2) is 9.37. The lowest BCUT2D eigenvalue weighted by atomic mass is 10.0. The Bertz CT molecular complexity index is 984. The van der Waals surface area contributed by atoms with Crippen molar-refractivity contribution in [1.29, 1.82) is 5.41 Å². The van der Waals surface area contributed by atoms with Gasteiger partial charge in [-0.1, -0.05) is 18.2 Å². The van der Waals surface area contributed by atoms with Gasteiger partial charge in [0.15, 0.2) is 0 Å². The standard InChI is InChI=1S/C23H26N6O/c1-25-22-20(23(28-15-27-22)29-17-6-5-13-26-14-17)21(24)16-9-11-19(12-10-16)30-18-7-3-2-4-8-18/h2-4,7-12,15,17,24,26H,5-6,13-14H2,1H3,(H2,25,27,28,29)/t17-/m1/s1. The van der Waals surface area contributed by atoms with Gasteiger partial charge >= 0.3 is 0 Å². The van der Waals surface area contributed by atoms with E-state index >= 15 is 0 Å². The molecular formula is C23H26N6O. The van der Waals surface area contributed by atoms with Crippen molar-refractivity contribution in [3.63, 3.8) is 0 Å². The third-order valence-electron chi connectivity index (χ3n) is 5.09. The van der Waals surface area contributed by atoms with E-state index in [4.69, 9.17) is 10.1 Å². The van der Waals surface area contributed by atoms with Crippen molar-refractivity contribution in [1.82, 2.24) is 15.3 Å². The fraction of sp³-hybridized carbons (Fsp3) is 0.261. The highest BCUT2D eigenvalue weighted by Crippen LogP contribution is 2.27. The van der Waals surface area contributed by atoms with Crippen molar-refractivity contribution in [3.8, 4) is 11.5 Å². The molecule has 3 aromatic rings. The number of rotatable bonds is 7. The van der Waals surface area contributed by atoms with Crippen molar-refractivity contribution in [2.75, 3.05) is 30.8 Å². The van der Waals surface area contributed by atoms with Crippen LogP contribution in [0, 0.1) is 5.41 Å². The van der Waals surface area contributed by atoms with Crippen LogP contribution in [0.2, 0.25) is 0 Å². The maximum atomic E-state index is 8.85. The lowest BCUT2D eigenvalue weighted by molar-refractivity contribution is 0.479. The van der Waals surface area contributed by atoms with Gasteiger partial charge in [-0.15, -0.1) is 0 Å². The summed E-state index contributed by atoms with van der Waals surface area (Å²) in [5, 5.41) is 18.8. The molecule has 1 saturated heterocycles. The average Bonchev–Trinajstić information content (AvgIpc) is 2.80. The van der Waals surface area contributed by atoms with Crippen LogP contribution >= 0.6 is 0 Å². The van der Waals surface area contributed by atoms with Gasteiger partial charge < -0.3 is 20.7 Å². The number of nitrogens with zero attached hydrogens (tertiary/aromatic N) is 2. The molecule has 0 spiro atoms. The summed E-state index contributed by atoms with van der Waals surface area (Å²) in [5.74, 6) is 2.81. The molecule has 4 N–H and O–H groups in total. The van der Waals surface area contributed by atoms with E-state index in [9.17, 15) is 0 Å². The van der Waals surface area contributed by atoms with Crippen molar-refractivity contribution in [3.05, 3.63) is 72.1 Å². The molecule has 0 aliphatic carbocycles. The Kier molecular flexibility index (Phi) is 6.20. The van der Waals surface area contributed by atoms with Gasteiger partial charge in [0, 0.05) is 25.2 Å². The zero-order valence-electron chi connectivity index (χ0n) is 17.0. The molecule has 1 aliphatic heterocycles. The Labute approximate surface area is 176 Å². The third kappa shape index (κ3) is 4.58. The number of anilines is 2. The Morgan fingerprint density at radius 1 is 1.03 bits per heavy atom. The summed E-state index contributed by atoms with van der Waals surface area (Å²) in [4.78, 5) is 8.77. The van der Waals surface area contributed by atoms with E-state index in [0.29, 0.717) is 22.9 Å². The zero-order valence-corrected chi connectivity index (χ0v) is 17.0. The number of hydrogen-bond acceptors (Lipinski definition) is 7. The molecule has 7 nitrogen and oxygen atoms in total. The second-order valence-electron chi connectivity index (χ2n) is 7.20. The quantitative estimate of drug-likeness (QED) is 0.448. The molecule has 1 fully saturated rings. The number of piperidine rings is 1. The molecule has 1 aromatic heterocycles. The summed E-state index contributed by atoms with van der Waals surface area (Å²) in [7, 11) is 1.81. The molecular weight excluding hydrogens is 376 g/mol. The van der Waals surface area contributed by atoms with E-state index in [0.717, 1.165) is 43.0 Å². The summed E-state index contributed by atoms with van der Waals surface area (Å²) < 4.78 is 5.86. The first-order valence-electron chi connectivity index (χ1n) is 10.2. The lowest BCUT2D eigenvalue weighted by Gasteiger charge is -2.25. The number of para-hydroxylation sites is 1. The zero-order chi connectivity index (χ0) is 20.8. The summed E-state index contributed by atoms with van der Waals surface area (Å²) in [6.45, 7) is 1.93. The van der Waals surface area contributed by atoms with E-state index in [2.05, 4.69) is 25.9 Å². The normalized spacial score (nSPS) is 16.0. The van der Waals surface area contributed by atoms with Crippen LogP contribution in [0.15, 0.2) is 60.9 Å². The van der Waals surface area contributed by atoms with Gasteiger partial charge in [-0.05, 0) is 55.8 Å². The van der Waals surface area contributed by atoms with Crippen molar-refractivity contribution < 1.29 is 4.74 Å². The Morgan fingerprint density at radius 3 is 2.47 bits per heavy atom. The SMILES string of the molecule is CNc1ncnc(N[C@@H]2CCCNC2)c1C(=N)c1ccc(Oc2ccccc2)cc1. The number of aromatic nitrogens is 2. The summed E-state index contributed by atoms with van der Waals surface area (Å²) >= 11 is 0. The molecule has 1 aliphatic rings. The second-order valence-corrected chi connectivity index (χ2v) is 7.20. The number of benzene rings is 2. The Morgan fingerprint density at radius 2 is 1.77 bits per heavy atom. The minimum absolute atomic E-state index is 0.284. The lowest BCUT2D eigenvalue weighted by Crippen LogP contribution is -2.39. The first-order valence-corrected chi connectivity index (χ1v) is 10.2. The van der Waals surface area contributed by atoms with Crippen LogP contribution in [0.5, 0.6) is 11.5 Å². The minimum atomic E-state index is 0.284. The fourth-order valence-corrected chi connectivity index (χ4v) is 3.55. The molecule has 0 bridgehead atoms. The van der Waals surface area contributed by atoms with Crippen LogP contribution in [0.25, 0.3) is 0 Å². The van der Waals surface area contributed by atoms with Crippen LogP contribution in [0.1, 0.15) is 24.0 Å². The highest BCUT2D eigenvalue weighted by Gasteiger charge is 2.21. The predicted molar refractivity (Wildman–Crippen MR) is 120 cm³/mol. The van der Waals surface area contributed by atoms with E-state index in [1.54, 1.807) is 0 Å². The Balaban J connectivity index is 1.57. The maximum Gasteiger partial charge on any atom is 0.141 e. The van der Waals surface area contributed by atoms with Crippen molar-refractivity contribution >= 4 is 17.3 Å². The first kappa shape index (κ1) is 19.8. The fourth-order valence-electron chi connectivity index (χ4n) is 3.55. The first-order chi connectivity index (χ1) is 14.7. The number of ether oxygens (including phenoxy) is 1. The molecule has 0 radical (unpaired) electrons. The van der Waals surface area contributed by atoms with Crippen molar-refractivity contribution in [2.24, 2.45) is 0 Å². The van der Waals surface area contributed by atoms with E-state index in [-0.39, 0.29) is 6.04 Å². The van der Waals surface area contributed by atoms with Gasteiger partial charge in [-0.2, -0.15) is 0 Å². The third-order valence-corrected chi connectivity index (χ3v) is 5.09. The van der Waals surface area contributed by atoms with Gasteiger partial charge in [0.25, 0.3) is 0 Å². The van der Waals surface area contributed by atoms with Crippen LogP contribution in [0.4, 0.5) is 11.6 Å². The molecule has 2 heterocycles. The molecule has 30 heavy (non-hydrogen) atoms. The molecule has 0 unspecified atom stereocenters. The Hall–Kier alpha value is -3.45. The van der Waals surface area contributed by atoms with Crippen LogP contribution in [0.3, 0.4) is 0 Å². The smallest absolute Gasteiger partial charge is 0.141 e. The van der Waals surface area contributed by atoms with E-state index < -0.39 is 0 Å². The van der Waals surface area contributed by atoms with Gasteiger partial charge in [0.05, 0.1) is 11.3 Å². The molecule has 2 aromatic carbocycles. The highest BCUT2D eigenvalue weighted by molar-refractivity contribution is 6.16. The molecule has 1 atom stereocenters. The summed E-state index contributed by atoms with van der Waals surface area (Å²) in [6, 6.07) is 17.4. The maximum absolute atomic E-state index is 8.85. The average molecular weight is 403 g/mol. The van der Waals surface area contributed by atoms with Crippen LogP contribution in [-0.4, -0.2) is 41.9 Å². The van der Waals surface area contributed by atoms with Crippen molar-refractivity contribution in [2.45, 2.75) is 18.9 Å². The van der Waals surface area contributed by atoms with Gasteiger partial charge in [-0.25, -0.2) is 9.97 Å². The van der Waals surface area contributed by atoms with Gasteiger partial charge in [-0.3, -0.25) is 5.41 Å². The topological polar surface area (TPSA) is 95.0 Å². The largest absolute Gasteiger partial charge is 0.457 e. The summed E-state index contributed by atoms with van der Waals surface area (Å²) in [6.07, 6.45) is 3.72. The monoisotopic (exact) mass is 402 g/mol. The highest BCUT2D eigenvalue weighted by atomic mass is 16.5. The molecule has 0 saturated carbocycles. The van der Waals surface area contributed by atoms with E-state index in [1.807, 2.05) is 61.6 Å².